The normalized spacial score (nSPS) is 10.9. The zero-order chi connectivity index (χ0) is 11.7. The maximum absolute atomic E-state index is 4.27. The van der Waals surface area contributed by atoms with Gasteiger partial charge in [-0.3, -0.25) is 0 Å². The minimum Gasteiger partial charge on any atom is -0.380 e. The topological polar surface area (TPSA) is 24.9 Å². The first-order valence-corrected chi connectivity index (χ1v) is 7.61. The summed E-state index contributed by atoms with van der Waals surface area (Å²) in [6.07, 6.45) is 0. The van der Waals surface area contributed by atoms with Crippen LogP contribution in [0.1, 0.15) is 4.88 Å². The molecule has 17 heavy (non-hydrogen) atoms. The van der Waals surface area contributed by atoms with Crippen molar-refractivity contribution in [2.45, 2.75) is 6.54 Å². The molecule has 3 rings (SSSR count). The molecule has 2 heterocycles. The van der Waals surface area contributed by atoms with E-state index in [0.29, 0.717) is 0 Å². The molecule has 0 fully saturated rings. The Morgan fingerprint density at radius 3 is 3.00 bits per heavy atom. The Labute approximate surface area is 115 Å². The van der Waals surface area contributed by atoms with Gasteiger partial charge < -0.3 is 5.32 Å². The number of hydrogen-bond acceptors (Lipinski definition) is 4. The second kappa shape index (κ2) is 4.76. The largest absolute Gasteiger partial charge is 0.380 e. The number of aromatic nitrogens is 1. The highest BCUT2D eigenvalue weighted by molar-refractivity contribution is 9.11. The lowest BCUT2D eigenvalue weighted by atomic mass is 10.3. The molecule has 0 aliphatic carbocycles. The Bertz CT molecular complexity index is 645. The number of halogens is 1. The first kappa shape index (κ1) is 11.2. The van der Waals surface area contributed by atoms with Crippen LogP contribution >= 0.6 is 38.6 Å². The van der Waals surface area contributed by atoms with E-state index >= 15 is 0 Å². The SMILES string of the molecule is Brc1ccc(CNc2ccc3ncsc3c2)s1. The van der Waals surface area contributed by atoms with Gasteiger partial charge in [0.05, 0.1) is 19.5 Å². The minimum atomic E-state index is 0.862. The van der Waals surface area contributed by atoms with Gasteiger partial charge in [-0.1, -0.05) is 0 Å². The summed E-state index contributed by atoms with van der Waals surface area (Å²) in [7, 11) is 0. The monoisotopic (exact) mass is 324 g/mol. The van der Waals surface area contributed by atoms with E-state index in [1.165, 1.54) is 13.4 Å². The molecule has 0 atom stereocenters. The molecule has 2 aromatic heterocycles. The fourth-order valence-corrected chi connectivity index (χ4v) is 3.74. The third kappa shape index (κ3) is 2.51. The molecule has 2 nitrogen and oxygen atoms in total. The van der Waals surface area contributed by atoms with Gasteiger partial charge in [-0.25, -0.2) is 4.98 Å². The third-order valence-electron chi connectivity index (χ3n) is 2.43. The second-order valence-corrected chi connectivity index (χ2v) is 7.03. The molecule has 0 aliphatic heterocycles. The van der Waals surface area contributed by atoms with Crippen molar-refractivity contribution in [2.24, 2.45) is 0 Å². The van der Waals surface area contributed by atoms with E-state index in [9.17, 15) is 0 Å². The number of rotatable bonds is 3. The summed E-state index contributed by atoms with van der Waals surface area (Å²) in [5.74, 6) is 0. The smallest absolute Gasteiger partial charge is 0.0813 e. The molecule has 0 saturated carbocycles. The van der Waals surface area contributed by atoms with Crippen LogP contribution in [0, 0.1) is 0 Å². The molecule has 0 aliphatic rings. The number of nitrogens with one attached hydrogen (secondary N) is 1. The van der Waals surface area contributed by atoms with Crippen molar-refractivity contribution in [3.05, 3.63) is 44.5 Å². The molecule has 0 amide bonds. The average molecular weight is 325 g/mol. The molecule has 0 spiro atoms. The molecule has 5 heteroatoms. The fraction of sp³-hybridized carbons (Fsp3) is 0.0833. The summed E-state index contributed by atoms with van der Waals surface area (Å²) >= 11 is 6.90. The summed E-state index contributed by atoms with van der Waals surface area (Å²) in [5, 5.41) is 3.42. The highest BCUT2D eigenvalue weighted by atomic mass is 79.9. The average Bonchev–Trinajstić information content (AvgIpc) is 2.94. The van der Waals surface area contributed by atoms with Crippen LogP contribution in [0.3, 0.4) is 0 Å². The van der Waals surface area contributed by atoms with Crippen molar-refractivity contribution < 1.29 is 0 Å². The van der Waals surface area contributed by atoms with Gasteiger partial charge in [0.2, 0.25) is 0 Å². The van der Waals surface area contributed by atoms with Gasteiger partial charge in [0, 0.05) is 17.1 Å². The Morgan fingerprint density at radius 2 is 2.18 bits per heavy atom. The van der Waals surface area contributed by atoms with Gasteiger partial charge in [-0.15, -0.1) is 22.7 Å². The molecule has 0 unspecified atom stereocenters. The molecule has 0 radical (unpaired) electrons. The highest BCUT2D eigenvalue weighted by Crippen LogP contribution is 2.25. The standard InChI is InChI=1S/C12H9BrN2S2/c13-12-4-2-9(17-12)6-14-8-1-3-10-11(5-8)16-7-15-10/h1-5,7,14H,6H2. The lowest BCUT2D eigenvalue weighted by Gasteiger charge is -2.04. The Hall–Kier alpha value is -0.910. The van der Waals surface area contributed by atoms with Gasteiger partial charge in [0.25, 0.3) is 0 Å². The van der Waals surface area contributed by atoms with E-state index in [1.807, 2.05) is 5.51 Å². The summed E-state index contributed by atoms with van der Waals surface area (Å²) < 4.78 is 2.40. The number of nitrogens with zero attached hydrogens (tertiary/aromatic N) is 1. The quantitative estimate of drug-likeness (QED) is 0.753. The van der Waals surface area contributed by atoms with E-state index in [4.69, 9.17) is 0 Å². The van der Waals surface area contributed by atoms with Crippen molar-refractivity contribution in [1.82, 2.24) is 4.98 Å². The van der Waals surface area contributed by atoms with E-state index in [0.717, 1.165) is 17.7 Å². The summed E-state index contributed by atoms with van der Waals surface area (Å²) in [4.78, 5) is 5.59. The van der Waals surface area contributed by atoms with Crippen molar-refractivity contribution in [3.63, 3.8) is 0 Å². The van der Waals surface area contributed by atoms with Gasteiger partial charge in [0.15, 0.2) is 0 Å². The van der Waals surface area contributed by atoms with Gasteiger partial charge in [-0.2, -0.15) is 0 Å². The molecular weight excluding hydrogens is 316 g/mol. The minimum absolute atomic E-state index is 0.862. The molecular formula is C12H9BrN2S2. The molecule has 1 aromatic carbocycles. The molecule has 0 saturated heterocycles. The number of hydrogen-bond donors (Lipinski definition) is 1. The maximum atomic E-state index is 4.27. The van der Waals surface area contributed by atoms with E-state index < -0.39 is 0 Å². The van der Waals surface area contributed by atoms with E-state index in [1.54, 1.807) is 22.7 Å². The lowest BCUT2D eigenvalue weighted by Crippen LogP contribution is -1.96. The lowest BCUT2D eigenvalue weighted by molar-refractivity contribution is 1.20. The fourth-order valence-electron chi connectivity index (χ4n) is 1.60. The van der Waals surface area contributed by atoms with Crippen LogP contribution in [0.2, 0.25) is 0 Å². The van der Waals surface area contributed by atoms with E-state index in [-0.39, 0.29) is 0 Å². The number of fused-ring (bicyclic) bond motifs is 1. The van der Waals surface area contributed by atoms with Gasteiger partial charge in [0.1, 0.15) is 0 Å². The van der Waals surface area contributed by atoms with Crippen LogP contribution in [-0.4, -0.2) is 4.98 Å². The summed E-state index contributed by atoms with van der Waals surface area (Å²) in [5.41, 5.74) is 4.09. The maximum Gasteiger partial charge on any atom is 0.0813 e. The summed E-state index contributed by atoms with van der Waals surface area (Å²) in [6, 6.07) is 10.5. The number of thiazole rings is 1. The number of anilines is 1. The second-order valence-electron chi connectivity index (χ2n) is 3.59. The first-order chi connectivity index (χ1) is 8.31. The zero-order valence-electron chi connectivity index (χ0n) is 8.81. The first-order valence-electron chi connectivity index (χ1n) is 5.12. The van der Waals surface area contributed by atoms with Crippen molar-refractivity contribution in [1.29, 1.82) is 0 Å². The van der Waals surface area contributed by atoms with Crippen molar-refractivity contribution in [3.8, 4) is 0 Å². The predicted octanol–water partition coefficient (Wildman–Crippen LogP) is 4.73. The van der Waals surface area contributed by atoms with Crippen LogP contribution in [0.5, 0.6) is 0 Å². The van der Waals surface area contributed by atoms with Crippen LogP contribution in [0.4, 0.5) is 5.69 Å². The van der Waals surface area contributed by atoms with Crippen LogP contribution in [0.15, 0.2) is 39.6 Å². The third-order valence-corrected chi connectivity index (χ3v) is 4.84. The van der Waals surface area contributed by atoms with Crippen molar-refractivity contribution >= 4 is 54.5 Å². The number of benzene rings is 1. The van der Waals surface area contributed by atoms with Gasteiger partial charge in [-0.05, 0) is 46.3 Å². The van der Waals surface area contributed by atoms with Crippen LogP contribution in [0.25, 0.3) is 10.2 Å². The van der Waals surface area contributed by atoms with Crippen LogP contribution in [-0.2, 0) is 6.54 Å². The molecule has 3 aromatic rings. The Morgan fingerprint density at radius 1 is 1.24 bits per heavy atom. The van der Waals surface area contributed by atoms with Crippen molar-refractivity contribution in [2.75, 3.05) is 5.32 Å². The predicted molar refractivity (Wildman–Crippen MR) is 79.0 cm³/mol. The van der Waals surface area contributed by atoms with Crippen LogP contribution < -0.4 is 5.32 Å². The summed E-state index contributed by atoms with van der Waals surface area (Å²) in [6.45, 7) is 0.862. The Balaban J connectivity index is 1.76. The zero-order valence-corrected chi connectivity index (χ0v) is 12.0. The highest BCUT2D eigenvalue weighted by Gasteiger charge is 2.00. The van der Waals surface area contributed by atoms with Gasteiger partial charge >= 0.3 is 0 Å². The number of thiophene rings is 1. The molecule has 0 bridgehead atoms. The Kier molecular flexibility index (Phi) is 3.13. The van der Waals surface area contributed by atoms with E-state index in [2.05, 4.69) is 56.6 Å². The molecule has 1 N–H and O–H groups in total. The molecule has 86 valence electrons.